The highest BCUT2D eigenvalue weighted by Crippen LogP contribution is 2.28. The molecule has 0 bridgehead atoms. The number of aryl methyl sites for hydroxylation is 1. The van der Waals surface area contributed by atoms with E-state index in [0.29, 0.717) is 31.1 Å². The van der Waals surface area contributed by atoms with E-state index >= 15 is 0 Å². The standard InChI is InChI=1S/C21H24N4O4/c1-16-13-18(29-23-16)15-24-8-10-25(11-9-24)21(26)6-4-17-3-5-19(28-12-7-22)20(14-17)27-2/h3-6,13-14H,8-12,15H2,1-2H3/b6-4+. The fourth-order valence-corrected chi connectivity index (χ4v) is 3.13. The van der Waals surface area contributed by atoms with Crippen LogP contribution < -0.4 is 9.47 Å². The molecule has 29 heavy (non-hydrogen) atoms. The average Bonchev–Trinajstić information content (AvgIpc) is 3.15. The maximum atomic E-state index is 12.5. The summed E-state index contributed by atoms with van der Waals surface area (Å²) in [6, 6.07) is 9.17. The van der Waals surface area contributed by atoms with E-state index in [-0.39, 0.29) is 12.5 Å². The Bertz CT molecular complexity index is 908. The van der Waals surface area contributed by atoms with Crippen LogP contribution in [0.2, 0.25) is 0 Å². The maximum Gasteiger partial charge on any atom is 0.246 e. The largest absolute Gasteiger partial charge is 0.493 e. The zero-order valence-corrected chi connectivity index (χ0v) is 16.6. The molecule has 1 aromatic carbocycles. The molecule has 152 valence electrons. The molecule has 0 N–H and O–H groups in total. The summed E-state index contributed by atoms with van der Waals surface area (Å²) in [5.41, 5.74) is 1.69. The minimum atomic E-state index is -0.0496. The van der Waals surface area contributed by atoms with Crippen LogP contribution in [0.25, 0.3) is 6.08 Å². The van der Waals surface area contributed by atoms with Gasteiger partial charge in [-0.05, 0) is 30.7 Å². The maximum absolute atomic E-state index is 12.5. The molecule has 2 heterocycles. The van der Waals surface area contributed by atoms with Crippen molar-refractivity contribution in [2.45, 2.75) is 13.5 Å². The van der Waals surface area contributed by atoms with Gasteiger partial charge < -0.3 is 18.9 Å². The highest BCUT2D eigenvalue weighted by atomic mass is 16.5. The van der Waals surface area contributed by atoms with Gasteiger partial charge in [-0.2, -0.15) is 5.26 Å². The molecule has 1 fully saturated rings. The lowest BCUT2D eigenvalue weighted by Crippen LogP contribution is -2.47. The van der Waals surface area contributed by atoms with Gasteiger partial charge in [-0.25, -0.2) is 0 Å². The molecule has 3 rings (SSSR count). The predicted octanol–water partition coefficient (Wildman–Crippen LogP) is 2.25. The van der Waals surface area contributed by atoms with Gasteiger partial charge >= 0.3 is 0 Å². The Morgan fingerprint density at radius 2 is 2.07 bits per heavy atom. The van der Waals surface area contributed by atoms with Gasteiger partial charge in [-0.1, -0.05) is 11.2 Å². The first-order valence-electron chi connectivity index (χ1n) is 9.38. The van der Waals surface area contributed by atoms with Crippen LogP contribution in [-0.2, 0) is 11.3 Å². The molecule has 1 amide bonds. The molecule has 1 aliphatic rings. The van der Waals surface area contributed by atoms with Gasteiger partial charge in [0, 0.05) is 38.3 Å². The minimum absolute atomic E-state index is 0.0241. The zero-order valence-electron chi connectivity index (χ0n) is 16.6. The molecule has 0 radical (unpaired) electrons. The van der Waals surface area contributed by atoms with Crippen molar-refractivity contribution >= 4 is 12.0 Å². The molecule has 1 saturated heterocycles. The smallest absolute Gasteiger partial charge is 0.246 e. The van der Waals surface area contributed by atoms with Crippen LogP contribution in [-0.4, -0.2) is 60.8 Å². The van der Waals surface area contributed by atoms with E-state index < -0.39 is 0 Å². The average molecular weight is 396 g/mol. The van der Waals surface area contributed by atoms with Crippen molar-refractivity contribution < 1.29 is 18.8 Å². The quantitative estimate of drug-likeness (QED) is 0.663. The molecule has 1 aliphatic heterocycles. The van der Waals surface area contributed by atoms with Crippen LogP contribution >= 0.6 is 0 Å². The molecule has 2 aromatic rings. The van der Waals surface area contributed by atoms with Gasteiger partial charge in [-0.3, -0.25) is 9.69 Å². The zero-order chi connectivity index (χ0) is 20.6. The number of piperazine rings is 1. The molecule has 8 heteroatoms. The van der Waals surface area contributed by atoms with Gasteiger partial charge in [0.1, 0.15) is 6.07 Å². The first-order chi connectivity index (χ1) is 14.1. The van der Waals surface area contributed by atoms with Crippen molar-refractivity contribution in [3.05, 3.63) is 47.4 Å². The number of aromatic nitrogens is 1. The van der Waals surface area contributed by atoms with E-state index in [9.17, 15) is 4.79 Å². The summed E-state index contributed by atoms with van der Waals surface area (Å²) in [7, 11) is 1.53. The Morgan fingerprint density at radius 3 is 2.72 bits per heavy atom. The van der Waals surface area contributed by atoms with Crippen LogP contribution in [0.4, 0.5) is 0 Å². The fourth-order valence-electron chi connectivity index (χ4n) is 3.13. The Hall–Kier alpha value is -3.31. The monoisotopic (exact) mass is 396 g/mol. The summed E-state index contributed by atoms with van der Waals surface area (Å²) in [5.74, 6) is 1.84. The van der Waals surface area contributed by atoms with Crippen LogP contribution in [0.15, 0.2) is 34.9 Å². The van der Waals surface area contributed by atoms with E-state index in [1.807, 2.05) is 30.0 Å². The number of methoxy groups -OCH3 is 1. The Labute approximate surface area is 169 Å². The van der Waals surface area contributed by atoms with Crippen molar-refractivity contribution in [1.29, 1.82) is 5.26 Å². The lowest BCUT2D eigenvalue weighted by molar-refractivity contribution is -0.127. The topological polar surface area (TPSA) is 91.8 Å². The second-order valence-electron chi connectivity index (χ2n) is 6.73. The normalized spacial score (nSPS) is 14.7. The number of rotatable bonds is 7. The highest BCUT2D eigenvalue weighted by molar-refractivity contribution is 5.92. The lowest BCUT2D eigenvalue weighted by atomic mass is 10.2. The van der Waals surface area contributed by atoms with Crippen molar-refractivity contribution in [3.63, 3.8) is 0 Å². The number of nitriles is 1. The number of hydrogen-bond donors (Lipinski definition) is 0. The van der Waals surface area contributed by atoms with E-state index in [1.54, 1.807) is 24.3 Å². The Balaban J connectivity index is 1.52. The number of nitrogens with zero attached hydrogens (tertiary/aromatic N) is 4. The van der Waals surface area contributed by atoms with Gasteiger partial charge in [-0.15, -0.1) is 0 Å². The van der Waals surface area contributed by atoms with E-state index in [2.05, 4.69) is 10.1 Å². The van der Waals surface area contributed by atoms with Crippen molar-refractivity contribution in [2.75, 3.05) is 39.9 Å². The summed E-state index contributed by atoms with van der Waals surface area (Å²) >= 11 is 0. The predicted molar refractivity (Wildman–Crippen MR) is 106 cm³/mol. The van der Waals surface area contributed by atoms with E-state index in [1.165, 1.54) is 7.11 Å². The Morgan fingerprint density at radius 1 is 1.28 bits per heavy atom. The third kappa shape index (κ3) is 5.59. The Kier molecular flexibility index (Phi) is 6.87. The van der Waals surface area contributed by atoms with Gasteiger partial charge in [0.05, 0.1) is 19.3 Å². The number of ether oxygens (including phenoxy) is 2. The van der Waals surface area contributed by atoms with Gasteiger partial charge in [0.25, 0.3) is 0 Å². The molecule has 0 spiro atoms. The second kappa shape index (κ2) is 9.75. The first kappa shape index (κ1) is 20.4. The highest BCUT2D eigenvalue weighted by Gasteiger charge is 2.20. The number of benzene rings is 1. The van der Waals surface area contributed by atoms with Crippen LogP contribution in [0.3, 0.4) is 0 Å². The molecule has 1 aromatic heterocycles. The van der Waals surface area contributed by atoms with E-state index in [0.717, 1.165) is 30.1 Å². The molecular formula is C21H24N4O4. The lowest BCUT2D eigenvalue weighted by Gasteiger charge is -2.33. The molecule has 0 aliphatic carbocycles. The minimum Gasteiger partial charge on any atom is -0.493 e. The summed E-state index contributed by atoms with van der Waals surface area (Å²) in [6.07, 6.45) is 3.32. The van der Waals surface area contributed by atoms with Gasteiger partial charge in [0.2, 0.25) is 5.91 Å². The molecule has 0 saturated carbocycles. The summed E-state index contributed by atoms with van der Waals surface area (Å²) in [5, 5.41) is 12.5. The van der Waals surface area contributed by atoms with Crippen LogP contribution in [0.5, 0.6) is 11.5 Å². The first-order valence-corrected chi connectivity index (χ1v) is 9.38. The number of carbonyl (C=O) groups is 1. The molecule has 0 unspecified atom stereocenters. The number of hydrogen-bond acceptors (Lipinski definition) is 7. The van der Waals surface area contributed by atoms with Crippen molar-refractivity contribution in [1.82, 2.24) is 15.0 Å². The van der Waals surface area contributed by atoms with Gasteiger partial charge in [0.15, 0.2) is 23.9 Å². The second-order valence-corrected chi connectivity index (χ2v) is 6.73. The summed E-state index contributed by atoms with van der Waals surface area (Å²) in [6.45, 7) is 5.47. The third-order valence-electron chi connectivity index (χ3n) is 4.64. The summed E-state index contributed by atoms with van der Waals surface area (Å²) in [4.78, 5) is 16.6. The van der Waals surface area contributed by atoms with Crippen molar-refractivity contribution in [3.8, 4) is 17.6 Å². The van der Waals surface area contributed by atoms with Crippen LogP contribution in [0.1, 0.15) is 17.0 Å². The van der Waals surface area contributed by atoms with Crippen molar-refractivity contribution in [2.24, 2.45) is 0 Å². The number of amides is 1. The fraction of sp³-hybridized carbons (Fsp3) is 0.381. The van der Waals surface area contributed by atoms with Crippen LogP contribution in [0, 0.1) is 18.3 Å². The summed E-state index contributed by atoms with van der Waals surface area (Å²) < 4.78 is 15.9. The molecular weight excluding hydrogens is 372 g/mol. The SMILES string of the molecule is COc1cc(/C=C/C(=O)N2CCN(Cc3cc(C)no3)CC2)ccc1OCC#N. The third-order valence-corrected chi connectivity index (χ3v) is 4.64. The molecule has 8 nitrogen and oxygen atoms in total. The van der Waals surface area contributed by atoms with E-state index in [4.69, 9.17) is 19.3 Å². The molecule has 0 atom stereocenters. The number of carbonyl (C=O) groups excluding carboxylic acids is 1.